The molecule has 0 radical (unpaired) electrons. The number of rotatable bonds is 7. The third kappa shape index (κ3) is 3.65. The maximum absolute atomic E-state index is 13.0. The summed E-state index contributed by atoms with van der Waals surface area (Å²) < 4.78 is 13.8. The van der Waals surface area contributed by atoms with Gasteiger partial charge in [-0.2, -0.15) is 0 Å². The lowest BCUT2D eigenvalue weighted by molar-refractivity contribution is 0.101. The van der Waals surface area contributed by atoms with Crippen LogP contribution in [0.15, 0.2) is 42.2 Å². The summed E-state index contributed by atoms with van der Waals surface area (Å²) in [5.74, 6) is 1.90. The van der Waals surface area contributed by atoms with Gasteiger partial charge in [0.1, 0.15) is 17.2 Å². The quantitative estimate of drug-likeness (QED) is 0.544. The number of fused-ring (bicyclic) bond motifs is 2. The van der Waals surface area contributed by atoms with Crippen LogP contribution in [0.1, 0.15) is 46.8 Å². The molecule has 0 saturated heterocycles. The smallest absolute Gasteiger partial charge is 0.231 e. The average molecular weight is 433 g/mol. The molecule has 1 aliphatic carbocycles. The van der Waals surface area contributed by atoms with E-state index in [-0.39, 0.29) is 11.5 Å². The molecule has 166 valence electrons. The molecule has 0 atom stereocenters. The molecule has 2 heterocycles. The number of benzene rings is 2. The summed E-state index contributed by atoms with van der Waals surface area (Å²) in [6.07, 6.45) is 5.23. The Bertz CT molecular complexity index is 1230. The fraction of sp³-hybridized carbons (Fsp3) is 0.346. The minimum absolute atomic E-state index is 0.0821. The van der Waals surface area contributed by atoms with E-state index >= 15 is 0 Å². The Morgan fingerprint density at radius 3 is 2.75 bits per heavy atom. The van der Waals surface area contributed by atoms with Crippen molar-refractivity contribution in [2.24, 2.45) is 0 Å². The molecule has 1 aliphatic heterocycles. The molecule has 6 nitrogen and oxygen atoms in total. The molecule has 2 aliphatic rings. The van der Waals surface area contributed by atoms with Crippen LogP contribution in [0.2, 0.25) is 0 Å². The third-order valence-electron chi connectivity index (χ3n) is 6.23. The van der Waals surface area contributed by atoms with Crippen molar-refractivity contribution in [1.29, 1.82) is 0 Å². The first-order valence-corrected chi connectivity index (χ1v) is 11.1. The molecule has 32 heavy (non-hydrogen) atoms. The molecular weight excluding hydrogens is 404 g/mol. The number of ketones is 1. The zero-order chi connectivity index (χ0) is 22.4. The lowest BCUT2D eigenvalue weighted by Crippen LogP contribution is -2.15. The molecule has 1 N–H and O–H groups in total. The van der Waals surface area contributed by atoms with Gasteiger partial charge >= 0.3 is 0 Å². The van der Waals surface area contributed by atoms with Crippen molar-refractivity contribution >= 4 is 22.8 Å². The number of phenolic OH excluding ortho intramolecular Hbond substituents is 1. The highest BCUT2D eigenvalue weighted by atomic mass is 16.5. The minimum Gasteiger partial charge on any atom is -0.508 e. The van der Waals surface area contributed by atoms with E-state index in [2.05, 4.69) is 35.7 Å². The van der Waals surface area contributed by atoms with Crippen molar-refractivity contribution in [3.05, 3.63) is 59.0 Å². The van der Waals surface area contributed by atoms with Gasteiger partial charge in [-0.1, -0.05) is 0 Å². The number of aromatic nitrogens is 1. The highest BCUT2D eigenvalue weighted by Crippen LogP contribution is 2.47. The summed E-state index contributed by atoms with van der Waals surface area (Å²) in [6.45, 7) is 1.93. The molecule has 2 aromatic carbocycles. The van der Waals surface area contributed by atoms with Crippen molar-refractivity contribution in [2.45, 2.75) is 31.7 Å². The second-order valence-corrected chi connectivity index (χ2v) is 8.88. The first-order valence-electron chi connectivity index (χ1n) is 11.1. The van der Waals surface area contributed by atoms with Gasteiger partial charge in [0.2, 0.25) is 5.78 Å². The van der Waals surface area contributed by atoms with Crippen LogP contribution in [0.3, 0.4) is 0 Å². The fourth-order valence-electron chi connectivity index (χ4n) is 4.55. The SMILES string of the molecule is COc1ccc2c(c1)c(C=C1Oc3cc(O)ccc3C1=O)c(C1CC1)n2CCCN(C)C. The van der Waals surface area contributed by atoms with E-state index in [0.717, 1.165) is 54.6 Å². The Hall–Kier alpha value is -3.25. The van der Waals surface area contributed by atoms with Crippen LogP contribution in [0.25, 0.3) is 17.0 Å². The normalized spacial score (nSPS) is 16.8. The maximum Gasteiger partial charge on any atom is 0.231 e. The lowest BCUT2D eigenvalue weighted by Gasteiger charge is -2.14. The molecular formula is C26H28N2O4. The number of hydrogen-bond donors (Lipinski definition) is 1. The fourth-order valence-corrected chi connectivity index (χ4v) is 4.55. The molecule has 0 bridgehead atoms. The monoisotopic (exact) mass is 432 g/mol. The first kappa shape index (κ1) is 20.6. The molecule has 5 rings (SSSR count). The van der Waals surface area contributed by atoms with Gasteiger partial charge in [0.15, 0.2) is 5.76 Å². The molecule has 3 aromatic rings. The second-order valence-electron chi connectivity index (χ2n) is 8.88. The Labute approximate surface area is 187 Å². The zero-order valence-corrected chi connectivity index (χ0v) is 18.7. The number of carbonyl (C=O) groups is 1. The Balaban J connectivity index is 1.64. The van der Waals surface area contributed by atoms with Gasteiger partial charge in [-0.05, 0) is 82.2 Å². The van der Waals surface area contributed by atoms with Crippen LogP contribution in [-0.4, -0.2) is 48.1 Å². The summed E-state index contributed by atoms with van der Waals surface area (Å²) in [7, 11) is 5.85. The predicted molar refractivity (Wildman–Crippen MR) is 125 cm³/mol. The molecule has 6 heteroatoms. The number of phenols is 1. The second kappa shape index (κ2) is 8.02. The number of nitrogens with zero attached hydrogens (tertiary/aromatic N) is 2. The van der Waals surface area contributed by atoms with Crippen LogP contribution < -0.4 is 9.47 Å². The summed E-state index contributed by atoms with van der Waals surface area (Å²) in [4.78, 5) is 15.2. The number of aromatic hydroxyl groups is 1. The van der Waals surface area contributed by atoms with Crippen LogP contribution in [0, 0.1) is 0 Å². The van der Waals surface area contributed by atoms with Gasteiger partial charge in [-0.15, -0.1) is 0 Å². The first-order chi connectivity index (χ1) is 15.5. The zero-order valence-electron chi connectivity index (χ0n) is 18.7. The van der Waals surface area contributed by atoms with E-state index in [4.69, 9.17) is 9.47 Å². The highest BCUT2D eigenvalue weighted by molar-refractivity contribution is 6.15. The van der Waals surface area contributed by atoms with Gasteiger partial charge in [-0.25, -0.2) is 0 Å². The highest BCUT2D eigenvalue weighted by Gasteiger charge is 2.33. The topological polar surface area (TPSA) is 63.9 Å². The van der Waals surface area contributed by atoms with E-state index in [1.54, 1.807) is 13.2 Å². The lowest BCUT2D eigenvalue weighted by atomic mass is 10.0. The number of methoxy groups -OCH3 is 1. The Kier molecular flexibility index (Phi) is 5.18. The maximum atomic E-state index is 13.0. The van der Waals surface area contributed by atoms with Crippen molar-refractivity contribution in [1.82, 2.24) is 9.47 Å². The molecule has 0 unspecified atom stereocenters. The van der Waals surface area contributed by atoms with Crippen LogP contribution in [0.5, 0.6) is 17.2 Å². The van der Waals surface area contributed by atoms with Gasteiger partial charge < -0.3 is 24.0 Å². The van der Waals surface area contributed by atoms with E-state index in [1.807, 2.05) is 12.1 Å². The van der Waals surface area contributed by atoms with Crippen LogP contribution in [0.4, 0.5) is 0 Å². The molecule has 0 spiro atoms. The van der Waals surface area contributed by atoms with Gasteiger partial charge in [0.25, 0.3) is 0 Å². The number of ether oxygens (including phenoxy) is 2. The number of carbonyl (C=O) groups excluding carboxylic acids is 1. The average Bonchev–Trinajstić information content (AvgIpc) is 3.50. The molecule has 1 saturated carbocycles. The summed E-state index contributed by atoms with van der Waals surface area (Å²) in [5, 5.41) is 10.8. The summed E-state index contributed by atoms with van der Waals surface area (Å²) in [5.41, 5.74) is 3.94. The van der Waals surface area contributed by atoms with Crippen molar-refractivity contribution in [2.75, 3.05) is 27.7 Å². The number of aryl methyl sites for hydroxylation is 1. The number of allylic oxidation sites excluding steroid dienone is 1. The van der Waals surface area contributed by atoms with Crippen molar-refractivity contribution in [3.8, 4) is 17.2 Å². The van der Waals surface area contributed by atoms with Gasteiger partial charge in [0, 0.05) is 34.8 Å². The summed E-state index contributed by atoms with van der Waals surface area (Å²) >= 11 is 0. The van der Waals surface area contributed by atoms with Gasteiger partial charge in [-0.3, -0.25) is 4.79 Å². The van der Waals surface area contributed by atoms with E-state index in [1.165, 1.54) is 17.8 Å². The van der Waals surface area contributed by atoms with Crippen LogP contribution >= 0.6 is 0 Å². The minimum atomic E-state index is -0.154. The van der Waals surface area contributed by atoms with E-state index in [0.29, 0.717) is 23.0 Å². The number of hydrogen-bond acceptors (Lipinski definition) is 5. The largest absolute Gasteiger partial charge is 0.508 e. The predicted octanol–water partition coefficient (Wildman–Crippen LogP) is 4.80. The Morgan fingerprint density at radius 1 is 1.22 bits per heavy atom. The third-order valence-corrected chi connectivity index (χ3v) is 6.23. The molecule has 1 aromatic heterocycles. The summed E-state index contributed by atoms with van der Waals surface area (Å²) in [6, 6.07) is 10.8. The molecule has 1 fully saturated rings. The van der Waals surface area contributed by atoms with E-state index < -0.39 is 0 Å². The van der Waals surface area contributed by atoms with Crippen molar-refractivity contribution in [3.63, 3.8) is 0 Å². The number of Topliss-reactive ketones (excluding diaryl/α,β-unsaturated/α-hetero) is 1. The van der Waals surface area contributed by atoms with Crippen LogP contribution in [-0.2, 0) is 6.54 Å². The standard InChI is InChI=1S/C26H28N2O4/c1-27(2)11-4-12-28-22-10-8-18(31-3)14-20(22)21(25(28)16-5-6-16)15-24-26(30)19-9-7-17(29)13-23(19)32-24/h7-10,13-16,29H,4-6,11-12H2,1-3H3. The van der Waals surface area contributed by atoms with Gasteiger partial charge in [0.05, 0.1) is 12.7 Å². The molecule has 0 amide bonds. The Morgan fingerprint density at radius 2 is 2.03 bits per heavy atom. The van der Waals surface area contributed by atoms with E-state index in [9.17, 15) is 9.90 Å². The van der Waals surface area contributed by atoms with Crippen molar-refractivity contribution < 1.29 is 19.4 Å².